The predicted molar refractivity (Wildman–Crippen MR) is 67.5 cm³/mol. The van der Waals surface area contributed by atoms with E-state index in [1.54, 1.807) is 4.90 Å². The first-order chi connectivity index (χ1) is 7.55. The summed E-state index contributed by atoms with van der Waals surface area (Å²) < 4.78 is 22.7. The molecule has 0 aromatic rings. The molecule has 1 fully saturated rings. The Morgan fingerprint density at radius 2 is 1.94 bits per heavy atom. The number of rotatable bonds is 4. The van der Waals surface area contributed by atoms with Crippen molar-refractivity contribution in [3.63, 3.8) is 0 Å². The molecular formula is C10H18BrNO3S. The van der Waals surface area contributed by atoms with E-state index in [0.717, 1.165) is 18.2 Å². The standard InChI is InChI=1S/C10H18BrNO3S/c11-5-2-1-4-10(13)12-6-3-8-16(14,15)9-7-12/h1-9H2. The molecule has 16 heavy (non-hydrogen) atoms. The zero-order valence-electron chi connectivity index (χ0n) is 9.32. The van der Waals surface area contributed by atoms with Crippen molar-refractivity contribution in [2.45, 2.75) is 25.7 Å². The van der Waals surface area contributed by atoms with Gasteiger partial charge in [0.1, 0.15) is 0 Å². The number of hydrogen-bond acceptors (Lipinski definition) is 3. The van der Waals surface area contributed by atoms with Gasteiger partial charge >= 0.3 is 0 Å². The second-order valence-corrected chi connectivity index (χ2v) is 7.13. The summed E-state index contributed by atoms with van der Waals surface area (Å²) >= 11 is 3.32. The van der Waals surface area contributed by atoms with Gasteiger partial charge in [0.15, 0.2) is 9.84 Å². The third kappa shape index (κ3) is 4.82. The van der Waals surface area contributed by atoms with Gasteiger partial charge in [-0.15, -0.1) is 0 Å². The molecule has 1 heterocycles. The van der Waals surface area contributed by atoms with Crippen molar-refractivity contribution >= 4 is 31.7 Å². The Balaban J connectivity index is 2.39. The van der Waals surface area contributed by atoms with Gasteiger partial charge in [0.05, 0.1) is 11.5 Å². The fourth-order valence-electron chi connectivity index (χ4n) is 1.72. The van der Waals surface area contributed by atoms with Crippen LogP contribution in [0.2, 0.25) is 0 Å². The SMILES string of the molecule is O=C(CCCCBr)N1CCCS(=O)(=O)CC1. The van der Waals surface area contributed by atoms with E-state index in [0.29, 0.717) is 25.9 Å². The van der Waals surface area contributed by atoms with Gasteiger partial charge in [-0.3, -0.25) is 4.79 Å². The highest BCUT2D eigenvalue weighted by molar-refractivity contribution is 9.09. The monoisotopic (exact) mass is 311 g/mol. The Kier molecular flexibility index (Phi) is 5.75. The first-order valence-electron chi connectivity index (χ1n) is 5.59. The molecule has 94 valence electrons. The zero-order valence-corrected chi connectivity index (χ0v) is 11.7. The van der Waals surface area contributed by atoms with E-state index in [1.165, 1.54) is 0 Å². The molecule has 0 spiro atoms. The number of sulfone groups is 1. The minimum Gasteiger partial charge on any atom is -0.342 e. The van der Waals surface area contributed by atoms with E-state index in [9.17, 15) is 13.2 Å². The molecule has 4 nitrogen and oxygen atoms in total. The number of hydrogen-bond donors (Lipinski definition) is 0. The van der Waals surface area contributed by atoms with E-state index in [2.05, 4.69) is 15.9 Å². The Bertz CT molecular complexity index is 329. The molecule has 0 N–H and O–H groups in total. The van der Waals surface area contributed by atoms with E-state index < -0.39 is 9.84 Å². The highest BCUT2D eigenvalue weighted by Crippen LogP contribution is 2.08. The summed E-state index contributed by atoms with van der Waals surface area (Å²) in [7, 11) is -2.91. The fourth-order valence-corrected chi connectivity index (χ4v) is 3.38. The molecule has 1 amide bonds. The average Bonchev–Trinajstić information content (AvgIpc) is 2.39. The second kappa shape index (κ2) is 6.59. The number of carbonyl (C=O) groups is 1. The largest absolute Gasteiger partial charge is 0.342 e. The number of carbonyl (C=O) groups excluding carboxylic acids is 1. The molecular weight excluding hydrogens is 294 g/mol. The number of halogens is 1. The van der Waals surface area contributed by atoms with Gasteiger partial charge in [0.25, 0.3) is 0 Å². The first kappa shape index (κ1) is 14.0. The molecule has 1 aliphatic heterocycles. The van der Waals surface area contributed by atoms with Crippen molar-refractivity contribution in [3.05, 3.63) is 0 Å². The number of alkyl halides is 1. The number of amides is 1. The summed E-state index contributed by atoms with van der Waals surface area (Å²) in [6.45, 7) is 0.960. The van der Waals surface area contributed by atoms with Gasteiger partial charge in [0.2, 0.25) is 5.91 Å². The van der Waals surface area contributed by atoms with Crippen LogP contribution in [-0.2, 0) is 14.6 Å². The maximum Gasteiger partial charge on any atom is 0.222 e. The highest BCUT2D eigenvalue weighted by Gasteiger charge is 2.21. The smallest absolute Gasteiger partial charge is 0.222 e. The minimum atomic E-state index is -2.91. The molecule has 6 heteroatoms. The normalized spacial score (nSPS) is 20.4. The van der Waals surface area contributed by atoms with Gasteiger partial charge in [-0.1, -0.05) is 15.9 Å². The molecule has 0 bridgehead atoms. The van der Waals surface area contributed by atoms with Crippen LogP contribution in [0, 0.1) is 0 Å². The Morgan fingerprint density at radius 3 is 2.62 bits per heavy atom. The van der Waals surface area contributed by atoms with Crippen LogP contribution >= 0.6 is 15.9 Å². The summed E-state index contributed by atoms with van der Waals surface area (Å²) in [5.41, 5.74) is 0. The van der Waals surface area contributed by atoms with Gasteiger partial charge in [-0.05, 0) is 19.3 Å². The van der Waals surface area contributed by atoms with E-state index in [4.69, 9.17) is 0 Å². The van der Waals surface area contributed by atoms with Crippen molar-refractivity contribution < 1.29 is 13.2 Å². The summed E-state index contributed by atoms with van der Waals surface area (Å²) in [5.74, 6) is 0.438. The predicted octanol–water partition coefficient (Wildman–Crippen LogP) is 1.20. The molecule has 0 aromatic heterocycles. The van der Waals surface area contributed by atoms with Crippen molar-refractivity contribution in [3.8, 4) is 0 Å². The Morgan fingerprint density at radius 1 is 1.19 bits per heavy atom. The molecule has 0 atom stereocenters. The molecule has 0 saturated carbocycles. The van der Waals surface area contributed by atoms with Crippen molar-refractivity contribution in [1.82, 2.24) is 4.90 Å². The van der Waals surface area contributed by atoms with Crippen LogP contribution < -0.4 is 0 Å². The lowest BCUT2D eigenvalue weighted by atomic mass is 10.2. The Hall–Kier alpha value is -0.100. The van der Waals surface area contributed by atoms with Crippen LogP contribution in [-0.4, -0.2) is 49.2 Å². The quantitative estimate of drug-likeness (QED) is 0.579. The highest BCUT2D eigenvalue weighted by atomic mass is 79.9. The summed E-state index contributed by atoms with van der Waals surface area (Å²) in [6.07, 6.45) is 2.96. The average molecular weight is 312 g/mol. The van der Waals surface area contributed by atoms with Crippen LogP contribution in [0.15, 0.2) is 0 Å². The van der Waals surface area contributed by atoms with Gasteiger partial charge in [-0.25, -0.2) is 8.42 Å². The van der Waals surface area contributed by atoms with Crippen LogP contribution in [0.3, 0.4) is 0 Å². The fraction of sp³-hybridized carbons (Fsp3) is 0.900. The molecule has 1 aliphatic rings. The summed E-state index contributed by atoms with van der Waals surface area (Å²) in [6, 6.07) is 0. The van der Waals surface area contributed by atoms with Crippen LogP contribution in [0.1, 0.15) is 25.7 Å². The zero-order chi connectivity index (χ0) is 12.0. The Labute approximate surface area is 105 Å². The van der Waals surface area contributed by atoms with Crippen LogP contribution in [0.25, 0.3) is 0 Å². The summed E-state index contributed by atoms with van der Waals surface area (Å²) in [5, 5.41) is 0.911. The minimum absolute atomic E-state index is 0.0954. The molecule has 0 aliphatic carbocycles. The van der Waals surface area contributed by atoms with E-state index in [1.807, 2.05) is 0 Å². The molecule has 0 aromatic carbocycles. The van der Waals surface area contributed by atoms with Gasteiger partial charge < -0.3 is 4.90 Å². The number of unbranched alkanes of at least 4 members (excludes halogenated alkanes) is 1. The van der Waals surface area contributed by atoms with Gasteiger partial charge in [-0.2, -0.15) is 0 Å². The lowest BCUT2D eigenvalue weighted by molar-refractivity contribution is -0.131. The lowest BCUT2D eigenvalue weighted by Gasteiger charge is -2.19. The van der Waals surface area contributed by atoms with Crippen LogP contribution in [0.4, 0.5) is 0 Å². The molecule has 0 radical (unpaired) electrons. The third-order valence-electron chi connectivity index (χ3n) is 2.68. The molecule has 1 saturated heterocycles. The topological polar surface area (TPSA) is 54.5 Å². The van der Waals surface area contributed by atoms with Gasteiger partial charge in [0, 0.05) is 24.8 Å². The van der Waals surface area contributed by atoms with Crippen molar-refractivity contribution in [2.24, 2.45) is 0 Å². The van der Waals surface area contributed by atoms with Crippen LogP contribution in [0.5, 0.6) is 0 Å². The first-order valence-corrected chi connectivity index (χ1v) is 8.53. The maximum absolute atomic E-state index is 11.8. The van der Waals surface area contributed by atoms with E-state index in [-0.39, 0.29) is 17.4 Å². The molecule has 0 unspecified atom stereocenters. The molecule has 1 rings (SSSR count). The van der Waals surface area contributed by atoms with Crippen molar-refractivity contribution in [1.29, 1.82) is 0 Å². The number of nitrogens with zero attached hydrogens (tertiary/aromatic N) is 1. The maximum atomic E-state index is 11.8. The summed E-state index contributed by atoms with van der Waals surface area (Å²) in [4.78, 5) is 13.4. The van der Waals surface area contributed by atoms with E-state index >= 15 is 0 Å². The van der Waals surface area contributed by atoms with Crippen molar-refractivity contribution in [2.75, 3.05) is 29.9 Å². The third-order valence-corrected chi connectivity index (χ3v) is 4.96. The second-order valence-electron chi connectivity index (χ2n) is 4.03. The lowest BCUT2D eigenvalue weighted by Crippen LogP contribution is -2.33.